The number of hydrogen-bond donors (Lipinski definition) is 2. The second kappa shape index (κ2) is 5.53. The molecule has 7 heteroatoms. The molecule has 6 nitrogen and oxygen atoms in total. The minimum Gasteiger partial charge on any atom is -0.375 e. The molecule has 0 radical (unpaired) electrons. The van der Waals surface area contributed by atoms with Gasteiger partial charge in [0.1, 0.15) is 0 Å². The van der Waals surface area contributed by atoms with Gasteiger partial charge in [-0.2, -0.15) is 5.10 Å². The van der Waals surface area contributed by atoms with Crippen LogP contribution in [0.15, 0.2) is 11.3 Å². The predicted octanol–water partition coefficient (Wildman–Crippen LogP) is 0.408. The van der Waals surface area contributed by atoms with Crippen molar-refractivity contribution in [3.8, 4) is 0 Å². The van der Waals surface area contributed by atoms with Gasteiger partial charge in [-0.15, -0.1) is 0 Å². The number of hydrazone groups is 1. The lowest BCUT2D eigenvalue weighted by Crippen LogP contribution is -2.25. The zero-order chi connectivity index (χ0) is 13.0. The molecule has 0 unspecified atom stereocenters. The molecule has 3 N–H and O–H groups in total. The largest absolute Gasteiger partial charge is 0.375 e. The summed E-state index contributed by atoms with van der Waals surface area (Å²) < 4.78 is 0. The molecule has 0 aliphatic rings. The van der Waals surface area contributed by atoms with Crippen LogP contribution in [0.2, 0.25) is 0 Å². The van der Waals surface area contributed by atoms with Crippen LogP contribution in [0.25, 0.3) is 0 Å². The first-order valence-electron chi connectivity index (χ1n) is 5.03. The van der Waals surface area contributed by atoms with Crippen molar-refractivity contribution in [1.82, 2.24) is 15.4 Å². The lowest BCUT2D eigenvalue weighted by molar-refractivity contribution is 0.968. The average Bonchev–Trinajstić information content (AvgIpc) is 2.25. The smallest absolute Gasteiger partial charge is 0.225 e. The van der Waals surface area contributed by atoms with Crippen molar-refractivity contribution >= 4 is 29.0 Å². The highest BCUT2D eigenvalue weighted by atomic mass is 32.1. The highest BCUT2D eigenvalue weighted by Crippen LogP contribution is 2.09. The van der Waals surface area contributed by atoms with Gasteiger partial charge in [0, 0.05) is 25.9 Å². The van der Waals surface area contributed by atoms with Gasteiger partial charge in [0.15, 0.2) is 5.11 Å². The molecule has 0 aliphatic carbocycles. The van der Waals surface area contributed by atoms with Crippen LogP contribution in [0, 0.1) is 6.92 Å². The van der Waals surface area contributed by atoms with Crippen molar-refractivity contribution in [1.29, 1.82) is 0 Å². The fourth-order valence-corrected chi connectivity index (χ4v) is 1.27. The minimum absolute atomic E-state index is 0.132. The fraction of sp³-hybridized carbons (Fsp3) is 0.400. The van der Waals surface area contributed by atoms with Gasteiger partial charge in [-0.05, 0) is 26.1 Å². The molecule has 92 valence electrons. The van der Waals surface area contributed by atoms with Gasteiger partial charge in [-0.3, -0.25) is 5.43 Å². The van der Waals surface area contributed by atoms with E-state index in [2.05, 4.69) is 32.7 Å². The maximum atomic E-state index is 5.30. The zero-order valence-electron chi connectivity index (χ0n) is 10.4. The molecule has 0 atom stereocenters. The van der Waals surface area contributed by atoms with Crippen LogP contribution >= 0.6 is 12.2 Å². The standard InChI is InChI=1S/C10H16N6S/c1-6-8(7(2)14-15-9(11)17)5-12-10(13-6)16(3)4/h5H,1-4H3,(H3,11,15,17)/b14-7+. The molecule has 1 rings (SSSR count). The summed E-state index contributed by atoms with van der Waals surface area (Å²) in [6.45, 7) is 3.75. The molecular weight excluding hydrogens is 236 g/mol. The van der Waals surface area contributed by atoms with E-state index >= 15 is 0 Å². The normalized spacial score (nSPS) is 11.2. The molecule has 0 fully saturated rings. The zero-order valence-corrected chi connectivity index (χ0v) is 11.2. The number of nitrogens with one attached hydrogen (secondary N) is 1. The Morgan fingerprint density at radius 1 is 1.53 bits per heavy atom. The fourth-order valence-electron chi connectivity index (χ4n) is 1.22. The Hall–Kier alpha value is -1.76. The number of hydrogen-bond acceptors (Lipinski definition) is 5. The second-order valence-electron chi connectivity index (χ2n) is 3.74. The van der Waals surface area contributed by atoms with Gasteiger partial charge in [-0.25, -0.2) is 9.97 Å². The Morgan fingerprint density at radius 2 is 2.18 bits per heavy atom. The van der Waals surface area contributed by atoms with Crippen molar-refractivity contribution in [3.05, 3.63) is 17.5 Å². The number of rotatable bonds is 3. The van der Waals surface area contributed by atoms with Crippen molar-refractivity contribution in [2.75, 3.05) is 19.0 Å². The Bertz CT molecular complexity index is 454. The molecule has 0 aromatic carbocycles. The lowest BCUT2D eigenvalue weighted by atomic mass is 10.2. The van der Waals surface area contributed by atoms with Gasteiger partial charge < -0.3 is 10.6 Å². The molecule has 17 heavy (non-hydrogen) atoms. The highest BCUT2D eigenvalue weighted by Gasteiger charge is 2.07. The molecule has 0 bridgehead atoms. The third-order valence-corrected chi connectivity index (χ3v) is 2.18. The highest BCUT2D eigenvalue weighted by molar-refractivity contribution is 7.80. The Morgan fingerprint density at radius 3 is 2.65 bits per heavy atom. The van der Waals surface area contributed by atoms with E-state index in [9.17, 15) is 0 Å². The van der Waals surface area contributed by atoms with Crippen LogP contribution in [0.5, 0.6) is 0 Å². The summed E-state index contributed by atoms with van der Waals surface area (Å²) in [6.07, 6.45) is 1.73. The van der Waals surface area contributed by atoms with Gasteiger partial charge in [-0.1, -0.05) is 0 Å². The SMILES string of the molecule is C/C(=N\NC(N)=S)c1cnc(N(C)C)nc1C. The van der Waals surface area contributed by atoms with E-state index < -0.39 is 0 Å². The maximum Gasteiger partial charge on any atom is 0.225 e. The molecular formula is C10H16N6S. The first kappa shape index (κ1) is 13.3. The third-order valence-electron chi connectivity index (χ3n) is 2.09. The predicted molar refractivity (Wildman–Crippen MR) is 73.2 cm³/mol. The third kappa shape index (κ3) is 3.63. The molecule has 1 heterocycles. The number of thiocarbonyl (C=S) groups is 1. The van der Waals surface area contributed by atoms with Crippen molar-refractivity contribution in [2.24, 2.45) is 10.8 Å². The van der Waals surface area contributed by atoms with E-state index in [4.69, 9.17) is 5.73 Å². The summed E-state index contributed by atoms with van der Waals surface area (Å²) in [5.41, 5.74) is 10.3. The number of anilines is 1. The van der Waals surface area contributed by atoms with E-state index in [1.54, 1.807) is 6.20 Å². The van der Waals surface area contributed by atoms with Gasteiger partial charge in [0.25, 0.3) is 0 Å². The maximum absolute atomic E-state index is 5.30. The van der Waals surface area contributed by atoms with E-state index in [0.717, 1.165) is 17.0 Å². The first-order chi connectivity index (χ1) is 7.91. The lowest BCUT2D eigenvalue weighted by Gasteiger charge is -2.12. The Kier molecular flexibility index (Phi) is 4.33. The molecule has 0 amide bonds. The monoisotopic (exact) mass is 252 g/mol. The van der Waals surface area contributed by atoms with Crippen LogP contribution < -0.4 is 16.1 Å². The summed E-state index contributed by atoms with van der Waals surface area (Å²) in [4.78, 5) is 10.4. The number of nitrogens with zero attached hydrogens (tertiary/aromatic N) is 4. The van der Waals surface area contributed by atoms with Crippen molar-refractivity contribution in [2.45, 2.75) is 13.8 Å². The van der Waals surface area contributed by atoms with Crippen molar-refractivity contribution in [3.63, 3.8) is 0 Å². The van der Waals surface area contributed by atoms with Crippen LogP contribution in [0.3, 0.4) is 0 Å². The van der Waals surface area contributed by atoms with E-state index in [0.29, 0.717) is 5.95 Å². The number of aryl methyl sites for hydroxylation is 1. The van der Waals surface area contributed by atoms with Gasteiger partial charge in [0.05, 0.1) is 11.4 Å². The van der Waals surface area contributed by atoms with Crippen LogP contribution in [0.1, 0.15) is 18.2 Å². The van der Waals surface area contributed by atoms with Crippen LogP contribution in [0.4, 0.5) is 5.95 Å². The van der Waals surface area contributed by atoms with Crippen molar-refractivity contribution < 1.29 is 0 Å². The van der Waals surface area contributed by atoms with Crippen LogP contribution in [-0.4, -0.2) is 34.9 Å². The topological polar surface area (TPSA) is 79.4 Å². The molecule has 0 saturated heterocycles. The molecule has 1 aromatic rings. The summed E-state index contributed by atoms with van der Waals surface area (Å²) >= 11 is 4.67. The van der Waals surface area contributed by atoms with E-state index in [-0.39, 0.29) is 5.11 Å². The summed E-state index contributed by atoms with van der Waals surface area (Å²) in [7, 11) is 3.79. The summed E-state index contributed by atoms with van der Waals surface area (Å²) in [5, 5.41) is 4.17. The molecule has 0 aliphatic heterocycles. The minimum atomic E-state index is 0.132. The average molecular weight is 252 g/mol. The molecule has 1 aromatic heterocycles. The Labute approximate surface area is 106 Å². The molecule has 0 spiro atoms. The van der Waals surface area contributed by atoms with Gasteiger partial charge >= 0.3 is 0 Å². The first-order valence-corrected chi connectivity index (χ1v) is 5.43. The quantitative estimate of drug-likeness (QED) is 0.461. The number of nitrogens with two attached hydrogens (primary N) is 1. The summed E-state index contributed by atoms with van der Waals surface area (Å²) in [5.74, 6) is 0.668. The second-order valence-corrected chi connectivity index (χ2v) is 4.18. The summed E-state index contributed by atoms with van der Waals surface area (Å²) in [6, 6.07) is 0. The van der Waals surface area contributed by atoms with E-state index in [1.165, 1.54) is 0 Å². The van der Waals surface area contributed by atoms with E-state index in [1.807, 2.05) is 32.8 Å². The number of aromatic nitrogens is 2. The van der Waals surface area contributed by atoms with Gasteiger partial charge in [0.2, 0.25) is 5.95 Å². The Balaban J connectivity index is 2.99. The molecule has 0 saturated carbocycles. The van der Waals surface area contributed by atoms with Crippen LogP contribution in [-0.2, 0) is 0 Å².